The average molecular weight is 464 g/mol. The Morgan fingerprint density at radius 3 is 2.18 bits per heavy atom. The summed E-state index contributed by atoms with van der Waals surface area (Å²) >= 11 is 0. The molecule has 0 aliphatic carbocycles. The molecule has 0 fully saturated rings. The minimum absolute atomic E-state index is 0.115. The minimum Gasteiger partial charge on any atom is -0.494 e. The van der Waals surface area contributed by atoms with Crippen LogP contribution in [-0.2, 0) is 10.0 Å². The van der Waals surface area contributed by atoms with E-state index in [0.29, 0.717) is 17.9 Å². The van der Waals surface area contributed by atoms with Crippen LogP contribution < -0.4 is 14.8 Å². The average Bonchev–Trinajstić information content (AvgIpc) is 2.82. The van der Waals surface area contributed by atoms with E-state index in [2.05, 4.69) is 17.0 Å². The third-order valence-corrected chi connectivity index (χ3v) is 6.96. The number of pyridine rings is 1. The van der Waals surface area contributed by atoms with E-state index in [-0.39, 0.29) is 5.75 Å². The molecule has 33 heavy (non-hydrogen) atoms. The molecule has 0 bridgehead atoms. The van der Waals surface area contributed by atoms with Gasteiger partial charge in [-0.25, -0.2) is 13.4 Å². The van der Waals surface area contributed by atoms with Gasteiger partial charge < -0.3 is 10.1 Å². The molecule has 0 spiro atoms. The molecule has 0 aliphatic heterocycles. The number of ether oxygens (including phenoxy) is 1. The molecule has 3 aromatic carbocycles. The van der Waals surface area contributed by atoms with Gasteiger partial charge in [0.05, 0.1) is 41.0 Å². The molecule has 6 nitrogen and oxygen atoms in total. The number of para-hydroxylation sites is 2. The van der Waals surface area contributed by atoms with Crippen LogP contribution in [0.1, 0.15) is 32.6 Å². The van der Waals surface area contributed by atoms with E-state index in [1.807, 2.05) is 54.6 Å². The van der Waals surface area contributed by atoms with Gasteiger partial charge in [-0.3, -0.25) is 4.72 Å². The lowest BCUT2D eigenvalue weighted by molar-refractivity contribution is 0.417. The van der Waals surface area contributed by atoms with Gasteiger partial charge in [-0.15, -0.1) is 0 Å². The molecular formula is C26H29N3O3S. The lowest BCUT2D eigenvalue weighted by Gasteiger charge is -2.17. The monoisotopic (exact) mass is 463 g/mol. The highest BCUT2D eigenvalue weighted by Crippen LogP contribution is 2.37. The number of unbranched alkanes of at least 4 members (excludes halogenated alkanes) is 3. The number of benzene rings is 3. The van der Waals surface area contributed by atoms with Crippen molar-refractivity contribution in [2.75, 3.05) is 22.9 Å². The van der Waals surface area contributed by atoms with Gasteiger partial charge in [0.25, 0.3) is 0 Å². The predicted octanol–water partition coefficient (Wildman–Crippen LogP) is 6.46. The van der Waals surface area contributed by atoms with Crippen LogP contribution in [0.3, 0.4) is 0 Å². The second kappa shape index (κ2) is 10.1. The van der Waals surface area contributed by atoms with E-state index in [9.17, 15) is 8.42 Å². The summed E-state index contributed by atoms with van der Waals surface area (Å²) < 4.78 is 33.2. The highest BCUT2D eigenvalue weighted by Gasteiger charge is 2.14. The van der Waals surface area contributed by atoms with Crippen LogP contribution in [0.2, 0.25) is 0 Å². The van der Waals surface area contributed by atoms with Crippen molar-refractivity contribution >= 4 is 48.9 Å². The molecule has 0 atom stereocenters. The summed E-state index contributed by atoms with van der Waals surface area (Å²) in [6.07, 6.45) is 3.68. The molecule has 2 N–H and O–H groups in total. The van der Waals surface area contributed by atoms with Crippen LogP contribution in [0.4, 0.5) is 17.1 Å². The fourth-order valence-electron chi connectivity index (χ4n) is 3.92. The zero-order valence-electron chi connectivity index (χ0n) is 19.0. The Kier molecular flexibility index (Phi) is 6.99. The summed E-state index contributed by atoms with van der Waals surface area (Å²) in [4.78, 5) is 4.77. The van der Waals surface area contributed by atoms with Gasteiger partial charge in [0, 0.05) is 16.8 Å². The molecule has 0 aliphatic rings. The molecule has 1 heterocycles. The zero-order valence-corrected chi connectivity index (χ0v) is 19.8. The van der Waals surface area contributed by atoms with Gasteiger partial charge >= 0.3 is 0 Å². The number of nitrogens with zero attached hydrogens (tertiary/aromatic N) is 1. The second-order valence-electron chi connectivity index (χ2n) is 8.04. The zero-order chi connectivity index (χ0) is 23.3. The van der Waals surface area contributed by atoms with Crippen LogP contribution in [0.15, 0.2) is 66.7 Å². The quantitative estimate of drug-likeness (QED) is 0.208. The number of hydrogen-bond donors (Lipinski definition) is 2. The summed E-state index contributed by atoms with van der Waals surface area (Å²) in [5, 5.41) is 5.50. The van der Waals surface area contributed by atoms with E-state index in [1.165, 1.54) is 0 Å². The van der Waals surface area contributed by atoms with Crippen LogP contribution >= 0.6 is 0 Å². The Bertz CT molecular complexity index is 1320. The normalized spacial score (nSPS) is 11.6. The predicted molar refractivity (Wildman–Crippen MR) is 137 cm³/mol. The number of sulfonamides is 1. The van der Waals surface area contributed by atoms with Crippen molar-refractivity contribution in [3.63, 3.8) is 0 Å². The Labute approximate surface area is 195 Å². The maximum atomic E-state index is 12.5. The first-order chi connectivity index (χ1) is 16.0. The van der Waals surface area contributed by atoms with Crippen LogP contribution in [0.25, 0.3) is 21.8 Å². The van der Waals surface area contributed by atoms with E-state index in [1.54, 1.807) is 19.2 Å². The largest absolute Gasteiger partial charge is 0.494 e. The van der Waals surface area contributed by atoms with Gasteiger partial charge in [-0.2, -0.15) is 0 Å². The summed E-state index contributed by atoms with van der Waals surface area (Å²) in [6, 6.07) is 21.2. The van der Waals surface area contributed by atoms with E-state index in [4.69, 9.17) is 9.72 Å². The number of hydrogen-bond acceptors (Lipinski definition) is 5. The van der Waals surface area contributed by atoms with Gasteiger partial charge in [-0.1, -0.05) is 62.6 Å². The smallest absolute Gasteiger partial charge is 0.232 e. The number of aromatic nitrogens is 1. The second-order valence-corrected chi connectivity index (χ2v) is 9.88. The van der Waals surface area contributed by atoms with Crippen molar-refractivity contribution in [1.82, 2.24) is 4.98 Å². The SMILES string of the molecule is CCCCCCS(=O)(=O)Nc1ccc(Nc2c3ccccc3nc3ccccc23)c(OC)c1. The summed E-state index contributed by atoms with van der Waals surface area (Å²) in [5.41, 5.74) is 3.94. The standard InChI is InChI=1S/C26H29N3O3S/c1-3-4-5-10-17-33(30,31)29-19-15-16-24(25(18-19)32-2)28-26-20-11-6-8-13-22(20)27-23-14-9-7-12-21(23)26/h6-9,11-16,18,29H,3-5,10,17H2,1-2H3,(H,27,28). The topological polar surface area (TPSA) is 80.3 Å². The third kappa shape index (κ3) is 5.37. The van der Waals surface area contributed by atoms with E-state index < -0.39 is 10.0 Å². The molecule has 0 unspecified atom stereocenters. The molecule has 0 amide bonds. The maximum absolute atomic E-state index is 12.5. The van der Waals surface area contributed by atoms with Crippen molar-refractivity contribution in [2.24, 2.45) is 0 Å². The maximum Gasteiger partial charge on any atom is 0.232 e. The Hall–Kier alpha value is -3.32. The molecule has 4 aromatic rings. The Morgan fingerprint density at radius 2 is 1.55 bits per heavy atom. The van der Waals surface area contributed by atoms with E-state index >= 15 is 0 Å². The number of rotatable bonds is 10. The van der Waals surface area contributed by atoms with Crippen LogP contribution in [0.5, 0.6) is 5.75 Å². The highest BCUT2D eigenvalue weighted by molar-refractivity contribution is 7.92. The molecule has 1 aromatic heterocycles. The number of nitrogens with one attached hydrogen (secondary N) is 2. The first-order valence-corrected chi connectivity index (χ1v) is 12.9. The fourth-order valence-corrected chi connectivity index (χ4v) is 5.09. The van der Waals surface area contributed by atoms with Gasteiger partial charge in [0.1, 0.15) is 5.75 Å². The number of fused-ring (bicyclic) bond motifs is 2. The molecule has 0 saturated heterocycles. The first-order valence-electron chi connectivity index (χ1n) is 11.2. The highest BCUT2D eigenvalue weighted by atomic mass is 32.2. The first kappa shape index (κ1) is 22.9. The Balaban J connectivity index is 1.64. The molecule has 0 radical (unpaired) electrons. The lowest BCUT2D eigenvalue weighted by Crippen LogP contribution is -2.16. The van der Waals surface area contributed by atoms with Crippen LogP contribution in [0, 0.1) is 0 Å². The van der Waals surface area contributed by atoms with Crippen LogP contribution in [-0.4, -0.2) is 26.3 Å². The Morgan fingerprint density at radius 1 is 0.879 bits per heavy atom. The van der Waals surface area contributed by atoms with Crippen molar-refractivity contribution < 1.29 is 13.2 Å². The third-order valence-electron chi connectivity index (χ3n) is 5.59. The van der Waals surface area contributed by atoms with Gasteiger partial charge in [0.15, 0.2) is 0 Å². The number of methoxy groups -OCH3 is 1. The number of anilines is 3. The fraction of sp³-hybridized carbons (Fsp3) is 0.269. The van der Waals surface area contributed by atoms with Gasteiger partial charge in [0.2, 0.25) is 10.0 Å². The van der Waals surface area contributed by atoms with Crippen molar-refractivity contribution in [1.29, 1.82) is 0 Å². The van der Waals surface area contributed by atoms with Crippen molar-refractivity contribution in [3.8, 4) is 5.75 Å². The molecule has 0 saturated carbocycles. The van der Waals surface area contributed by atoms with Gasteiger partial charge in [-0.05, 0) is 30.7 Å². The van der Waals surface area contributed by atoms with Crippen molar-refractivity contribution in [2.45, 2.75) is 32.6 Å². The molecule has 7 heteroatoms. The molecule has 172 valence electrons. The molecule has 4 rings (SSSR count). The summed E-state index contributed by atoms with van der Waals surface area (Å²) in [5.74, 6) is 0.663. The lowest BCUT2D eigenvalue weighted by atomic mass is 10.1. The molecular weight excluding hydrogens is 434 g/mol. The van der Waals surface area contributed by atoms with Crippen molar-refractivity contribution in [3.05, 3.63) is 66.7 Å². The summed E-state index contributed by atoms with van der Waals surface area (Å²) in [7, 11) is -1.83. The summed E-state index contributed by atoms with van der Waals surface area (Å²) in [6.45, 7) is 2.10. The minimum atomic E-state index is -3.40. The van der Waals surface area contributed by atoms with E-state index in [0.717, 1.165) is 52.4 Å².